The Kier molecular flexibility index (Phi) is 8.08. The van der Waals surface area contributed by atoms with Gasteiger partial charge in [0.1, 0.15) is 0 Å². The zero-order valence-corrected chi connectivity index (χ0v) is 16.6. The van der Waals surface area contributed by atoms with Gasteiger partial charge in [0.25, 0.3) is 0 Å². The molecule has 1 heterocycles. The van der Waals surface area contributed by atoms with Gasteiger partial charge >= 0.3 is 0 Å². The normalized spacial score (nSPS) is 19.2. The molecule has 5 nitrogen and oxygen atoms in total. The molecule has 0 saturated heterocycles. The molecule has 0 bridgehead atoms. The number of hydrogen-bond donors (Lipinski definition) is 2. The molecule has 0 unspecified atom stereocenters. The molecule has 24 heavy (non-hydrogen) atoms. The Morgan fingerprint density at radius 3 is 2.67 bits per heavy atom. The van der Waals surface area contributed by atoms with Gasteiger partial charge in [-0.1, -0.05) is 25.7 Å². The van der Waals surface area contributed by atoms with Gasteiger partial charge in [0.05, 0.1) is 13.2 Å². The summed E-state index contributed by atoms with van der Waals surface area (Å²) in [5, 5.41) is 3.37. The van der Waals surface area contributed by atoms with Gasteiger partial charge in [-0.2, -0.15) is 0 Å². The molecule has 3 N–H and O–H groups in total. The lowest BCUT2D eigenvalue weighted by Gasteiger charge is -2.16. The maximum absolute atomic E-state index is 6.04. The van der Waals surface area contributed by atoms with Crippen molar-refractivity contribution in [1.82, 2.24) is 10.3 Å². The van der Waals surface area contributed by atoms with E-state index in [0.717, 1.165) is 18.1 Å². The first-order valence-electron chi connectivity index (χ1n) is 8.94. The quantitative estimate of drug-likeness (QED) is 0.304. The summed E-state index contributed by atoms with van der Waals surface area (Å²) in [7, 11) is 0. The van der Waals surface area contributed by atoms with Crippen molar-refractivity contribution >= 4 is 29.9 Å². The summed E-state index contributed by atoms with van der Waals surface area (Å²) < 4.78 is 5.71. The van der Waals surface area contributed by atoms with Crippen LogP contribution in [0.25, 0.3) is 0 Å². The maximum atomic E-state index is 6.04. The van der Waals surface area contributed by atoms with Crippen LogP contribution in [0.15, 0.2) is 23.3 Å². The summed E-state index contributed by atoms with van der Waals surface area (Å²) in [6.45, 7) is 1.35. The molecule has 0 amide bonds. The van der Waals surface area contributed by atoms with Crippen LogP contribution < -0.4 is 15.8 Å². The predicted octanol–water partition coefficient (Wildman–Crippen LogP) is 3.62. The van der Waals surface area contributed by atoms with Crippen LogP contribution in [0.1, 0.15) is 56.9 Å². The fourth-order valence-electron chi connectivity index (χ4n) is 2.97. The molecular formula is C18H29IN4O. The van der Waals surface area contributed by atoms with E-state index in [1.54, 1.807) is 6.20 Å². The van der Waals surface area contributed by atoms with Gasteiger partial charge in [0, 0.05) is 18.3 Å². The fraction of sp³-hybridized carbons (Fsp3) is 0.667. The van der Waals surface area contributed by atoms with E-state index in [2.05, 4.69) is 15.3 Å². The van der Waals surface area contributed by atoms with Crippen molar-refractivity contribution in [2.75, 3.05) is 6.61 Å². The first-order valence-corrected chi connectivity index (χ1v) is 8.94. The Bertz CT molecular complexity index is 526. The summed E-state index contributed by atoms with van der Waals surface area (Å²) in [6.07, 6.45) is 12.0. The molecular weight excluding hydrogens is 415 g/mol. The molecule has 3 rings (SSSR count). The number of rotatable bonds is 6. The second-order valence-corrected chi connectivity index (χ2v) is 6.79. The van der Waals surface area contributed by atoms with E-state index in [9.17, 15) is 0 Å². The Balaban J connectivity index is 0.00000208. The van der Waals surface area contributed by atoms with E-state index >= 15 is 0 Å². The Labute approximate surface area is 161 Å². The third kappa shape index (κ3) is 6.83. The van der Waals surface area contributed by atoms with Gasteiger partial charge in [-0.3, -0.25) is 0 Å². The smallest absolute Gasteiger partial charge is 0.213 e. The van der Waals surface area contributed by atoms with Crippen molar-refractivity contribution in [2.24, 2.45) is 16.6 Å². The van der Waals surface area contributed by atoms with Crippen molar-refractivity contribution in [3.63, 3.8) is 0 Å². The van der Waals surface area contributed by atoms with E-state index in [0.29, 0.717) is 24.4 Å². The molecule has 1 aromatic rings. The summed E-state index contributed by atoms with van der Waals surface area (Å²) in [5.74, 6) is 1.98. The Hall–Kier alpha value is -1.05. The molecule has 6 heteroatoms. The van der Waals surface area contributed by atoms with Gasteiger partial charge < -0.3 is 15.8 Å². The van der Waals surface area contributed by atoms with E-state index in [1.165, 1.54) is 51.4 Å². The van der Waals surface area contributed by atoms with Gasteiger partial charge in [-0.15, -0.1) is 24.0 Å². The maximum Gasteiger partial charge on any atom is 0.213 e. The highest BCUT2D eigenvalue weighted by Crippen LogP contribution is 2.29. The number of halogens is 1. The van der Waals surface area contributed by atoms with Crippen LogP contribution in [0.5, 0.6) is 5.88 Å². The first kappa shape index (κ1) is 19.3. The minimum Gasteiger partial charge on any atom is -0.477 e. The van der Waals surface area contributed by atoms with Crippen molar-refractivity contribution < 1.29 is 4.74 Å². The van der Waals surface area contributed by atoms with E-state index in [-0.39, 0.29) is 24.0 Å². The first-order chi connectivity index (χ1) is 11.3. The lowest BCUT2D eigenvalue weighted by atomic mass is 10.1. The van der Waals surface area contributed by atoms with Crippen LogP contribution in [-0.2, 0) is 6.54 Å². The molecule has 134 valence electrons. The largest absolute Gasteiger partial charge is 0.477 e. The zero-order chi connectivity index (χ0) is 15.9. The molecule has 0 aliphatic heterocycles. The predicted molar refractivity (Wildman–Crippen MR) is 108 cm³/mol. The molecule has 0 spiro atoms. The lowest BCUT2D eigenvalue weighted by molar-refractivity contribution is 0.288. The van der Waals surface area contributed by atoms with Crippen LogP contribution in [-0.4, -0.2) is 23.6 Å². The summed E-state index contributed by atoms with van der Waals surface area (Å²) in [6, 6.07) is 4.41. The van der Waals surface area contributed by atoms with Gasteiger partial charge in [0.2, 0.25) is 5.88 Å². The molecule has 2 aliphatic rings. The number of aromatic nitrogens is 1. The van der Waals surface area contributed by atoms with E-state index in [1.807, 2.05) is 12.1 Å². The number of nitrogens with one attached hydrogen (secondary N) is 1. The number of pyridine rings is 1. The fourth-order valence-corrected chi connectivity index (χ4v) is 2.97. The monoisotopic (exact) mass is 444 g/mol. The van der Waals surface area contributed by atoms with E-state index < -0.39 is 0 Å². The van der Waals surface area contributed by atoms with Gasteiger partial charge in [0.15, 0.2) is 5.96 Å². The molecule has 1 aromatic heterocycles. The highest BCUT2D eigenvalue weighted by molar-refractivity contribution is 14.0. The van der Waals surface area contributed by atoms with Crippen molar-refractivity contribution in [3.8, 4) is 5.88 Å². The SMILES string of the molecule is I.NC(=NCc1ccnc(OCC2CC2)c1)NC1CCCCCC1. The van der Waals surface area contributed by atoms with Gasteiger partial charge in [-0.25, -0.2) is 9.98 Å². The van der Waals surface area contributed by atoms with Crippen LogP contribution in [0.4, 0.5) is 0 Å². The number of ether oxygens (including phenoxy) is 1. The zero-order valence-electron chi connectivity index (χ0n) is 14.2. The van der Waals surface area contributed by atoms with Crippen LogP contribution >= 0.6 is 24.0 Å². The second kappa shape index (κ2) is 10.1. The van der Waals surface area contributed by atoms with E-state index in [4.69, 9.17) is 10.5 Å². The van der Waals surface area contributed by atoms with Crippen LogP contribution in [0.3, 0.4) is 0 Å². The number of nitrogens with two attached hydrogens (primary N) is 1. The summed E-state index contributed by atoms with van der Waals surface area (Å²) >= 11 is 0. The summed E-state index contributed by atoms with van der Waals surface area (Å²) in [5.41, 5.74) is 7.12. The highest BCUT2D eigenvalue weighted by atomic mass is 127. The average molecular weight is 444 g/mol. The number of hydrogen-bond acceptors (Lipinski definition) is 3. The third-order valence-corrected chi connectivity index (χ3v) is 4.60. The standard InChI is InChI=1S/C18H28N4O.HI/c19-18(22-16-5-3-1-2-4-6-16)21-12-15-9-10-20-17(11-15)23-13-14-7-8-14;/h9-11,14,16H,1-8,12-13H2,(H3,19,21,22);1H. The number of nitrogens with zero attached hydrogens (tertiary/aromatic N) is 2. The minimum absolute atomic E-state index is 0. The Morgan fingerprint density at radius 1 is 1.21 bits per heavy atom. The highest BCUT2D eigenvalue weighted by Gasteiger charge is 2.22. The number of aliphatic imine (C=N–C) groups is 1. The van der Waals surface area contributed by atoms with Crippen LogP contribution in [0.2, 0.25) is 0 Å². The molecule has 0 atom stereocenters. The van der Waals surface area contributed by atoms with Crippen LogP contribution in [0, 0.1) is 5.92 Å². The Morgan fingerprint density at radius 2 is 1.96 bits per heavy atom. The molecule has 0 aromatic carbocycles. The van der Waals surface area contributed by atoms with Crippen molar-refractivity contribution in [3.05, 3.63) is 23.9 Å². The lowest BCUT2D eigenvalue weighted by Crippen LogP contribution is -2.39. The molecule has 2 fully saturated rings. The topological polar surface area (TPSA) is 72.5 Å². The second-order valence-electron chi connectivity index (χ2n) is 6.79. The number of guanidine groups is 1. The summed E-state index contributed by atoms with van der Waals surface area (Å²) in [4.78, 5) is 8.72. The van der Waals surface area contributed by atoms with Crippen molar-refractivity contribution in [2.45, 2.75) is 64.0 Å². The molecule has 2 aliphatic carbocycles. The third-order valence-electron chi connectivity index (χ3n) is 4.60. The average Bonchev–Trinajstić information content (AvgIpc) is 3.39. The van der Waals surface area contributed by atoms with Crippen molar-refractivity contribution in [1.29, 1.82) is 0 Å². The minimum atomic E-state index is 0. The molecule has 2 saturated carbocycles. The van der Waals surface area contributed by atoms with Gasteiger partial charge in [-0.05, 0) is 43.2 Å². The molecule has 0 radical (unpaired) electrons.